The van der Waals surface area contributed by atoms with E-state index in [9.17, 15) is 30.4 Å². The number of hydrogen-bond donors (Lipinski definition) is 2. The number of ether oxygens (including phenoxy) is 1. The number of alkyl halides is 3. The molecule has 2 aromatic heterocycles. The predicted molar refractivity (Wildman–Crippen MR) is 104 cm³/mol. The third kappa shape index (κ3) is 5.78. The summed E-state index contributed by atoms with van der Waals surface area (Å²) in [5.41, 5.74) is 5.23. The Kier molecular flexibility index (Phi) is 6.43. The highest BCUT2D eigenvalue weighted by atomic mass is 32.2. The fourth-order valence-electron chi connectivity index (χ4n) is 2.45. The highest BCUT2D eigenvalue weighted by molar-refractivity contribution is 7.92. The molecule has 0 bridgehead atoms. The van der Waals surface area contributed by atoms with E-state index in [1.54, 1.807) is 4.72 Å². The van der Waals surface area contributed by atoms with Gasteiger partial charge in [-0.15, -0.1) is 0 Å². The number of halogens is 5. The summed E-state index contributed by atoms with van der Waals surface area (Å²) in [6.45, 7) is 0. The van der Waals surface area contributed by atoms with E-state index in [1.165, 1.54) is 30.6 Å². The molecule has 0 saturated carbocycles. The summed E-state index contributed by atoms with van der Waals surface area (Å²) in [5, 5.41) is 0. The van der Waals surface area contributed by atoms with Gasteiger partial charge in [-0.1, -0.05) is 0 Å². The van der Waals surface area contributed by atoms with Crippen molar-refractivity contribution < 1.29 is 35.1 Å². The molecular weight excluding hydrogens is 461 g/mol. The van der Waals surface area contributed by atoms with E-state index in [0.29, 0.717) is 0 Å². The zero-order chi connectivity index (χ0) is 23.5. The van der Waals surface area contributed by atoms with Gasteiger partial charge in [-0.2, -0.15) is 17.6 Å². The van der Waals surface area contributed by atoms with Gasteiger partial charge in [0.2, 0.25) is 27.7 Å². The van der Waals surface area contributed by atoms with Gasteiger partial charge < -0.3 is 10.5 Å². The molecule has 3 rings (SSSR count). The standard InChI is InChI=1S/C18H14F5N5O3S/c19-14-12(28-32(29,30)9-6-18(21,22)23)3-4-13(15(14)20)31-16-10(2-1-7-25-16)11-5-8-26-17(24)27-11/h1-5,7-8,28H,6,9H2,(H2,24,26,27). The Hall–Kier alpha value is -3.55. The molecule has 0 unspecified atom stereocenters. The summed E-state index contributed by atoms with van der Waals surface area (Å²) in [6, 6.07) is 6.25. The van der Waals surface area contributed by atoms with E-state index in [1.807, 2.05) is 0 Å². The van der Waals surface area contributed by atoms with Crippen LogP contribution in [0, 0.1) is 11.6 Å². The Morgan fingerprint density at radius 2 is 1.78 bits per heavy atom. The van der Waals surface area contributed by atoms with Crippen molar-refractivity contribution in [2.45, 2.75) is 12.6 Å². The molecule has 0 aliphatic rings. The van der Waals surface area contributed by atoms with Gasteiger partial charge in [0, 0.05) is 12.4 Å². The van der Waals surface area contributed by atoms with Gasteiger partial charge in [-0.3, -0.25) is 4.72 Å². The van der Waals surface area contributed by atoms with E-state index >= 15 is 0 Å². The van der Waals surface area contributed by atoms with Gasteiger partial charge >= 0.3 is 6.18 Å². The van der Waals surface area contributed by atoms with Crippen LogP contribution in [0.1, 0.15) is 6.42 Å². The first-order valence-corrected chi connectivity index (χ1v) is 10.4. The van der Waals surface area contributed by atoms with Crippen molar-refractivity contribution in [2.75, 3.05) is 16.2 Å². The average Bonchev–Trinajstić information content (AvgIpc) is 2.72. The van der Waals surface area contributed by atoms with Crippen molar-refractivity contribution in [3.05, 3.63) is 54.4 Å². The van der Waals surface area contributed by atoms with Crippen molar-refractivity contribution in [1.29, 1.82) is 0 Å². The molecule has 0 spiro atoms. The second-order valence-corrected chi connectivity index (χ2v) is 8.13. The number of sulfonamides is 1. The number of nitrogens with one attached hydrogen (secondary N) is 1. The Morgan fingerprint density at radius 1 is 1.03 bits per heavy atom. The molecule has 170 valence electrons. The van der Waals surface area contributed by atoms with Gasteiger partial charge in [0.1, 0.15) is 0 Å². The zero-order valence-electron chi connectivity index (χ0n) is 15.9. The minimum Gasteiger partial charge on any atom is -0.435 e. The smallest absolute Gasteiger partial charge is 0.390 e. The van der Waals surface area contributed by atoms with E-state index in [2.05, 4.69) is 15.0 Å². The third-order valence-electron chi connectivity index (χ3n) is 3.89. The van der Waals surface area contributed by atoms with Crippen LogP contribution in [0.3, 0.4) is 0 Å². The van der Waals surface area contributed by atoms with Crippen LogP contribution in [0.4, 0.5) is 33.6 Å². The zero-order valence-corrected chi connectivity index (χ0v) is 16.7. The molecule has 8 nitrogen and oxygen atoms in total. The fourth-order valence-corrected chi connectivity index (χ4v) is 3.55. The van der Waals surface area contributed by atoms with Crippen LogP contribution in [0.2, 0.25) is 0 Å². The number of benzene rings is 1. The van der Waals surface area contributed by atoms with Gasteiger partial charge in [0.25, 0.3) is 0 Å². The van der Waals surface area contributed by atoms with Gasteiger partial charge in [-0.25, -0.2) is 27.8 Å². The van der Waals surface area contributed by atoms with E-state index < -0.39 is 51.4 Å². The summed E-state index contributed by atoms with van der Waals surface area (Å²) in [6.07, 6.45) is -3.69. The Balaban J connectivity index is 1.86. The van der Waals surface area contributed by atoms with Crippen molar-refractivity contribution >= 4 is 21.7 Å². The largest absolute Gasteiger partial charge is 0.435 e. The molecule has 14 heteroatoms. The van der Waals surface area contributed by atoms with Crippen LogP contribution in [0.25, 0.3) is 11.3 Å². The predicted octanol–water partition coefficient (Wildman–Crippen LogP) is 3.89. The highest BCUT2D eigenvalue weighted by Crippen LogP contribution is 2.34. The van der Waals surface area contributed by atoms with Crippen LogP contribution in [0.5, 0.6) is 11.6 Å². The molecule has 1 aromatic carbocycles. The van der Waals surface area contributed by atoms with Crippen LogP contribution >= 0.6 is 0 Å². The first-order chi connectivity index (χ1) is 15.0. The number of nitrogen functional groups attached to an aromatic ring is 1. The van der Waals surface area contributed by atoms with Crippen molar-refractivity contribution in [3.8, 4) is 22.9 Å². The third-order valence-corrected chi connectivity index (χ3v) is 5.17. The summed E-state index contributed by atoms with van der Waals surface area (Å²) in [7, 11) is -4.58. The first-order valence-electron chi connectivity index (χ1n) is 8.72. The second-order valence-electron chi connectivity index (χ2n) is 6.28. The number of aromatic nitrogens is 3. The lowest BCUT2D eigenvalue weighted by Crippen LogP contribution is -2.22. The van der Waals surface area contributed by atoms with E-state index in [0.717, 1.165) is 12.1 Å². The Labute approximate surface area is 178 Å². The maximum Gasteiger partial charge on any atom is 0.390 e. The van der Waals surface area contributed by atoms with Gasteiger partial charge in [0.05, 0.1) is 29.1 Å². The van der Waals surface area contributed by atoms with Crippen LogP contribution in [-0.4, -0.2) is 35.3 Å². The van der Waals surface area contributed by atoms with Crippen molar-refractivity contribution in [3.63, 3.8) is 0 Å². The molecule has 3 N–H and O–H groups in total. The molecule has 2 heterocycles. The number of hydrogen-bond acceptors (Lipinski definition) is 7. The molecule has 0 aliphatic carbocycles. The topological polar surface area (TPSA) is 120 Å². The lowest BCUT2D eigenvalue weighted by molar-refractivity contribution is -0.129. The van der Waals surface area contributed by atoms with E-state index in [4.69, 9.17) is 10.5 Å². The minimum absolute atomic E-state index is 0.0447. The maximum absolute atomic E-state index is 14.5. The number of nitrogens with zero attached hydrogens (tertiary/aromatic N) is 3. The normalized spacial score (nSPS) is 11.9. The van der Waals surface area contributed by atoms with Crippen LogP contribution < -0.4 is 15.2 Å². The molecule has 0 aliphatic heterocycles. The van der Waals surface area contributed by atoms with E-state index in [-0.39, 0.29) is 23.1 Å². The van der Waals surface area contributed by atoms with Crippen LogP contribution in [0.15, 0.2) is 42.7 Å². The Morgan fingerprint density at radius 3 is 2.47 bits per heavy atom. The molecule has 3 aromatic rings. The SMILES string of the molecule is Nc1nccc(-c2cccnc2Oc2ccc(NS(=O)(=O)CCC(F)(F)F)c(F)c2F)n1. The summed E-state index contributed by atoms with van der Waals surface area (Å²) in [5.74, 6) is -5.46. The number of nitrogens with two attached hydrogens (primary N) is 1. The lowest BCUT2D eigenvalue weighted by atomic mass is 10.2. The summed E-state index contributed by atoms with van der Waals surface area (Å²) < 4.78 is 96.0. The number of anilines is 2. The van der Waals surface area contributed by atoms with Crippen molar-refractivity contribution in [2.24, 2.45) is 0 Å². The molecule has 0 amide bonds. The summed E-state index contributed by atoms with van der Waals surface area (Å²) >= 11 is 0. The first kappa shape index (κ1) is 23.1. The lowest BCUT2D eigenvalue weighted by Gasteiger charge is -2.13. The average molecular weight is 475 g/mol. The summed E-state index contributed by atoms with van der Waals surface area (Å²) in [4.78, 5) is 11.7. The fraction of sp³-hybridized carbons (Fsp3) is 0.167. The molecule has 0 fully saturated rings. The highest BCUT2D eigenvalue weighted by Gasteiger charge is 2.30. The van der Waals surface area contributed by atoms with Crippen LogP contribution in [-0.2, 0) is 10.0 Å². The van der Waals surface area contributed by atoms with Gasteiger partial charge in [-0.05, 0) is 30.3 Å². The number of pyridine rings is 1. The minimum atomic E-state index is -4.73. The molecule has 32 heavy (non-hydrogen) atoms. The van der Waals surface area contributed by atoms with Crippen molar-refractivity contribution in [1.82, 2.24) is 15.0 Å². The number of rotatable bonds is 7. The van der Waals surface area contributed by atoms with Gasteiger partial charge in [0.15, 0.2) is 11.6 Å². The molecule has 0 atom stereocenters. The Bertz CT molecular complexity index is 1240. The molecular formula is C18H14F5N5O3S. The quantitative estimate of drug-likeness (QED) is 0.498. The molecule has 0 saturated heterocycles. The maximum atomic E-state index is 14.5. The monoisotopic (exact) mass is 475 g/mol. The second kappa shape index (κ2) is 8.90. The molecule has 0 radical (unpaired) electrons.